The first kappa shape index (κ1) is 14.8. The van der Waals surface area contributed by atoms with Crippen LogP contribution in [0.4, 0.5) is 0 Å². The van der Waals surface area contributed by atoms with E-state index in [9.17, 15) is 9.59 Å². The summed E-state index contributed by atoms with van der Waals surface area (Å²) in [6.45, 7) is 1.95. The van der Waals surface area contributed by atoms with Gasteiger partial charge >= 0.3 is 5.97 Å². The zero-order valence-corrected chi connectivity index (χ0v) is 11.8. The number of pyridine rings is 1. The lowest BCUT2D eigenvalue weighted by molar-refractivity contribution is -0.137. The maximum absolute atomic E-state index is 12.0. The first-order chi connectivity index (χ1) is 10.1. The molecule has 0 aliphatic carbocycles. The molecule has 110 valence electrons. The van der Waals surface area contributed by atoms with Crippen molar-refractivity contribution >= 4 is 5.97 Å². The van der Waals surface area contributed by atoms with Gasteiger partial charge in [-0.2, -0.15) is 0 Å². The highest BCUT2D eigenvalue weighted by Gasteiger charge is 2.13. The molecule has 0 saturated heterocycles. The second-order valence-corrected chi connectivity index (χ2v) is 4.61. The van der Waals surface area contributed by atoms with E-state index >= 15 is 0 Å². The molecule has 0 aliphatic heterocycles. The van der Waals surface area contributed by atoms with Gasteiger partial charge in [0.15, 0.2) is 5.75 Å². The fraction of sp³-hybridized carbons (Fsp3) is 0.250. The quantitative estimate of drug-likeness (QED) is 0.883. The zero-order valence-electron chi connectivity index (χ0n) is 11.8. The van der Waals surface area contributed by atoms with Crippen LogP contribution in [0.25, 0.3) is 0 Å². The first-order valence-corrected chi connectivity index (χ1v) is 6.72. The van der Waals surface area contributed by atoms with Crippen LogP contribution in [0.5, 0.6) is 5.75 Å². The number of carboxylic acid groups (broad SMARTS) is 1. The van der Waals surface area contributed by atoms with Crippen LogP contribution in [0.3, 0.4) is 0 Å². The molecule has 1 N–H and O–H groups in total. The molecule has 1 aromatic heterocycles. The van der Waals surface area contributed by atoms with Gasteiger partial charge in [-0.1, -0.05) is 37.3 Å². The number of nitrogens with zero attached hydrogens (tertiary/aromatic N) is 1. The molecule has 1 heterocycles. The summed E-state index contributed by atoms with van der Waals surface area (Å²) in [6, 6.07) is 10.8. The van der Waals surface area contributed by atoms with E-state index in [1.165, 1.54) is 16.8 Å². The Balaban J connectivity index is 2.29. The van der Waals surface area contributed by atoms with E-state index in [1.807, 2.05) is 37.3 Å². The number of rotatable bonds is 6. The van der Waals surface area contributed by atoms with Crippen LogP contribution in [0, 0.1) is 0 Å². The van der Waals surface area contributed by atoms with E-state index in [0.29, 0.717) is 12.1 Å². The van der Waals surface area contributed by atoms with E-state index in [1.54, 1.807) is 0 Å². The van der Waals surface area contributed by atoms with E-state index in [4.69, 9.17) is 9.84 Å². The zero-order chi connectivity index (χ0) is 15.2. The molecule has 5 heteroatoms. The molecule has 2 rings (SSSR count). The Morgan fingerprint density at radius 3 is 2.57 bits per heavy atom. The average molecular weight is 287 g/mol. The van der Waals surface area contributed by atoms with Crippen LogP contribution < -0.4 is 10.2 Å². The average Bonchev–Trinajstić information content (AvgIpc) is 2.48. The van der Waals surface area contributed by atoms with Crippen LogP contribution >= 0.6 is 0 Å². The van der Waals surface area contributed by atoms with Gasteiger partial charge in [-0.3, -0.25) is 9.59 Å². The summed E-state index contributed by atoms with van der Waals surface area (Å²) in [6.07, 6.45) is 2.01. The van der Waals surface area contributed by atoms with Crippen LogP contribution in [-0.2, 0) is 24.4 Å². The van der Waals surface area contributed by atoms with Crippen molar-refractivity contribution in [3.8, 4) is 5.75 Å². The Labute approximate surface area is 122 Å². The maximum Gasteiger partial charge on any atom is 0.323 e. The Kier molecular flexibility index (Phi) is 4.77. The molecule has 0 aliphatic rings. The summed E-state index contributed by atoms with van der Waals surface area (Å²) < 4.78 is 7.17. The van der Waals surface area contributed by atoms with Crippen molar-refractivity contribution in [2.75, 3.05) is 0 Å². The van der Waals surface area contributed by atoms with Crippen LogP contribution in [0.2, 0.25) is 0 Å². The predicted molar refractivity (Wildman–Crippen MR) is 78.5 cm³/mol. The smallest absolute Gasteiger partial charge is 0.323 e. The minimum Gasteiger partial charge on any atom is -0.483 e. The molecule has 0 amide bonds. The summed E-state index contributed by atoms with van der Waals surface area (Å²) >= 11 is 0. The van der Waals surface area contributed by atoms with Crippen molar-refractivity contribution in [1.29, 1.82) is 0 Å². The van der Waals surface area contributed by atoms with Gasteiger partial charge in [0.25, 0.3) is 0 Å². The lowest BCUT2D eigenvalue weighted by Crippen LogP contribution is -2.19. The molecule has 5 nitrogen and oxygen atoms in total. The largest absolute Gasteiger partial charge is 0.483 e. The molecule has 1 aromatic carbocycles. The first-order valence-electron chi connectivity index (χ1n) is 6.72. The van der Waals surface area contributed by atoms with Crippen molar-refractivity contribution in [3.63, 3.8) is 0 Å². The van der Waals surface area contributed by atoms with Crippen LogP contribution in [-0.4, -0.2) is 15.6 Å². The van der Waals surface area contributed by atoms with Gasteiger partial charge in [0, 0.05) is 12.3 Å². The summed E-state index contributed by atoms with van der Waals surface area (Å²) in [5, 5.41) is 8.92. The lowest BCUT2D eigenvalue weighted by Gasteiger charge is -2.15. The lowest BCUT2D eigenvalue weighted by atomic mass is 10.2. The highest BCUT2D eigenvalue weighted by molar-refractivity contribution is 5.66. The Hall–Kier alpha value is -2.56. The number of aliphatic carboxylic acids is 1. The standard InChI is InChI=1S/C16H17NO4/c1-2-13-16(21-11-12-6-4-3-5-7-12)14(18)8-9-17(13)10-15(19)20/h3-9H,2,10-11H2,1H3,(H,19,20). The summed E-state index contributed by atoms with van der Waals surface area (Å²) in [4.78, 5) is 22.8. The summed E-state index contributed by atoms with van der Waals surface area (Å²) in [5.74, 6) is -0.729. The fourth-order valence-corrected chi connectivity index (χ4v) is 2.14. The molecular weight excluding hydrogens is 270 g/mol. The number of hydrogen-bond acceptors (Lipinski definition) is 3. The Morgan fingerprint density at radius 1 is 1.24 bits per heavy atom. The van der Waals surface area contributed by atoms with Crippen LogP contribution in [0.15, 0.2) is 47.4 Å². The molecule has 0 spiro atoms. The van der Waals surface area contributed by atoms with E-state index in [0.717, 1.165) is 5.56 Å². The predicted octanol–water partition coefficient (Wildman–Crippen LogP) is 2.07. The third kappa shape index (κ3) is 3.72. The molecular formula is C16H17NO4. The normalized spacial score (nSPS) is 10.3. The highest BCUT2D eigenvalue weighted by atomic mass is 16.5. The van der Waals surface area contributed by atoms with Crippen molar-refractivity contribution in [2.45, 2.75) is 26.5 Å². The SMILES string of the molecule is CCc1c(OCc2ccccc2)c(=O)ccn1CC(=O)O. The van der Waals surface area contributed by atoms with Gasteiger partial charge in [-0.05, 0) is 12.0 Å². The fourth-order valence-electron chi connectivity index (χ4n) is 2.14. The number of carboxylic acids is 1. The third-order valence-electron chi connectivity index (χ3n) is 3.10. The van der Waals surface area contributed by atoms with E-state index < -0.39 is 5.97 Å². The van der Waals surface area contributed by atoms with Crippen molar-refractivity contribution in [1.82, 2.24) is 4.57 Å². The molecule has 0 atom stereocenters. The van der Waals surface area contributed by atoms with Gasteiger partial charge in [0.1, 0.15) is 13.2 Å². The maximum atomic E-state index is 12.0. The molecule has 0 unspecified atom stereocenters. The van der Waals surface area contributed by atoms with Gasteiger partial charge in [0.05, 0.1) is 5.69 Å². The number of carbonyl (C=O) groups is 1. The number of benzene rings is 1. The molecule has 0 saturated carbocycles. The minimum absolute atomic E-state index is 0.189. The second-order valence-electron chi connectivity index (χ2n) is 4.61. The van der Waals surface area contributed by atoms with Gasteiger partial charge in [0.2, 0.25) is 5.43 Å². The number of aromatic nitrogens is 1. The third-order valence-corrected chi connectivity index (χ3v) is 3.10. The Morgan fingerprint density at radius 2 is 1.95 bits per heavy atom. The highest BCUT2D eigenvalue weighted by Crippen LogP contribution is 2.16. The topological polar surface area (TPSA) is 68.5 Å². The summed E-state index contributed by atoms with van der Waals surface area (Å²) in [5.41, 5.74) is 1.32. The number of ether oxygens (including phenoxy) is 1. The summed E-state index contributed by atoms with van der Waals surface area (Å²) in [7, 11) is 0. The number of hydrogen-bond donors (Lipinski definition) is 1. The van der Waals surface area contributed by atoms with E-state index in [2.05, 4.69) is 0 Å². The minimum atomic E-state index is -0.956. The molecule has 0 radical (unpaired) electrons. The molecule has 0 fully saturated rings. The molecule has 2 aromatic rings. The van der Waals surface area contributed by atoms with Crippen molar-refractivity contribution in [3.05, 3.63) is 64.1 Å². The van der Waals surface area contributed by atoms with E-state index in [-0.39, 0.29) is 24.3 Å². The molecule has 0 bridgehead atoms. The van der Waals surface area contributed by atoms with Gasteiger partial charge in [-0.15, -0.1) is 0 Å². The van der Waals surface area contributed by atoms with Crippen molar-refractivity contribution < 1.29 is 14.6 Å². The van der Waals surface area contributed by atoms with Crippen LogP contribution in [0.1, 0.15) is 18.2 Å². The van der Waals surface area contributed by atoms with Crippen molar-refractivity contribution in [2.24, 2.45) is 0 Å². The molecule has 21 heavy (non-hydrogen) atoms. The second kappa shape index (κ2) is 6.74. The Bertz CT molecular complexity index is 676. The van der Waals surface area contributed by atoms with Gasteiger partial charge in [-0.25, -0.2) is 0 Å². The van der Waals surface area contributed by atoms with Gasteiger partial charge < -0.3 is 14.4 Å². The monoisotopic (exact) mass is 287 g/mol.